The second kappa shape index (κ2) is 5.24. The van der Waals surface area contributed by atoms with Crippen molar-refractivity contribution in [1.29, 1.82) is 0 Å². The van der Waals surface area contributed by atoms with Crippen molar-refractivity contribution in [1.82, 2.24) is 4.57 Å². The SMILES string of the molecule is [B]1B2[B-]P12(N=[P+]1B2[B-]B21)c1cccc2c1c1ccc3c4c1n2-c1cccc2c1B4c1c(cccc1O3)O2. The average Bonchev–Trinajstić information content (AvgIpc) is 3.82. The molecule has 12 rings (SSSR count). The Kier molecular flexibility index (Phi) is 2.62. The summed E-state index contributed by atoms with van der Waals surface area (Å²) in [5.74, 6) is 3.75. The first-order valence-corrected chi connectivity index (χ1v) is 16.9. The van der Waals surface area contributed by atoms with E-state index in [9.17, 15) is 0 Å². The van der Waals surface area contributed by atoms with E-state index in [-0.39, 0.29) is 14.2 Å². The van der Waals surface area contributed by atoms with Crippen LogP contribution in [0.5, 0.6) is 23.0 Å². The summed E-state index contributed by atoms with van der Waals surface area (Å²) in [6.07, 6.45) is -0.0105. The monoisotopic (exact) mass is 498 g/mol. The van der Waals surface area contributed by atoms with Crippen molar-refractivity contribution < 1.29 is 9.47 Å². The molecule has 4 nitrogen and oxygen atoms in total. The van der Waals surface area contributed by atoms with Gasteiger partial charge < -0.3 is 0 Å². The van der Waals surface area contributed by atoms with Crippen molar-refractivity contribution in [2.75, 3.05) is 0 Å². The van der Waals surface area contributed by atoms with Crippen LogP contribution >= 0.6 is 13.9 Å². The fourth-order valence-electron chi connectivity index (χ4n) is 7.79. The van der Waals surface area contributed by atoms with Crippen LogP contribution in [0.15, 0.2) is 71.2 Å². The zero-order valence-electron chi connectivity index (χ0n) is 19.5. The van der Waals surface area contributed by atoms with Gasteiger partial charge in [-0.1, -0.05) is 0 Å². The molecule has 0 aliphatic carbocycles. The van der Waals surface area contributed by atoms with E-state index in [1.165, 1.54) is 43.7 Å². The van der Waals surface area contributed by atoms with Gasteiger partial charge in [0.05, 0.1) is 0 Å². The molecule has 0 unspecified atom stereocenters. The molecule has 0 atom stereocenters. The van der Waals surface area contributed by atoms with Gasteiger partial charge in [-0.25, -0.2) is 0 Å². The third-order valence-electron chi connectivity index (χ3n) is 9.88. The molecule has 0 spiro atoms. The maximum atomic E-state index is 6.56. The number of fused-ring (bicyclic) bond motifs is 6. The number of benzene rings is 4. The fraction of sp³-hybridized carbons (Fsp3) is 0. The number of hydrogen-bond acceptors (Lipinski definition) is 3. The Labute approximate surface area is 217 Å². The molecule has 4 saturated heterocycles. The molecular weight excluding hydrogens is 486 g/mol. The Balaban J connectivity index is 1.27. The van der Waals surface area contributed by atoms with Gasteiger partial charge in [0.15, 0.2) is 0 Å². The zero-order valence-corrected chi connectivity index (χ0v) is 21.3. The summed E-state index contributed by atoms with van der Waals surface area (Å²) in [7, 11) is 2.37. The Hall–Kier alpha value is -2.74. The van der Waals surface area contributed by atoms with Crippen LogP contribution in [-0.2, 0) is 0 Å². The van der Waals surface area contributed by atoms with Crippen molar-refractivity contribution in [3.8, 4) is 28.7 Å². The molecule has 8 heterocycles. The van der Waals surface area contributed by atoms with Crippen LogP contribution < -0.4 is 31.2 Å². The topological polar surface area (TPSA) is 35.8 Å². The first-order valence-electron chi connectivity index (χ1n) is 13.1. The van der Waals surface area contributed by atoms with Crippen LogP contribution in [-0.4, -0.2) is 50.8 Å². The number of nitrogens with zero attached hydrogens (tertiary/aromatic N) is 2. The predicted octanol–water partition coefficient (Wildman–Crippen LogP) is 2.62. The van der Waals surface area contributed by atoms with Crippen LogP contribution in [0, 0.1) is 0 Å². The van der Waals surface area contributed by atoms with Crippen molar-refractivity contribution in [2.24, 2.45) is 4.52 Å². The minimum atomic E-state index is -2.31. The van der Waals surface area contributed by atoms with E-state index >= 15 is 0 Å². The molecule has 13 heteroatoms. The Morgan fingerprint density at radius 3 is 2.27 bits per heavy atom. The van der Waals surface area contributed by atoms with Crippen LogP contribution in [0.3, 0.4) is 0 Å². The van der Waals surface area contributed by atoms with Gasteiger partial charge in [-0.3, -0.25) is 0 Å². The second-order valence-corrected chi connectivity index (χ2v) is 18.5. The van der Waals surface area contributed by atoms with Crippen molar-refractivity contribution in [2.45, 2.75) is 0 Å². The molecule has 5 radical (unpaired) electrons. The van der Waals surface area contributed by atoms with E-state index in [2.05, 4.69) is 86.1 Å². The molecule has 37 heavy (non-hydrogen) atoms. The van der Waals surface area contributed by atoms with Gasteiger partial charge in [0.2, 0.25) is 0 Å². The van der Waals surface area contributed by atoms with Crippen molar-refractivity contribution in [3.63, 3.8) is 0 Å². The molecule has 161 valence electrons. The summed E-state index contributed by atoms with van der Waals surface area (Å²) in [5.41, 5.74) is 7.51. The normalized spacial score (nSPS) is 22.3. The van der Waals surface area contributed by atoms with E-state index in [1.54, 1.807) is 0 Å². The molecule has 7 aliphatic rings. The minimum absolute atomic E-state index is 0.113. The maximum absolute atomic E-state index is 6.56. The summed E-state index contributed by atoms with van der Waals surface area (Å²) in [6.45, 7) is 5.35. The van der Waals surface area contributed by atoms with E-state index in [4.69, 9.17) is 14.0 Å². The average molecular weight is 497 g/mol. The molecular formula is C24H11B7N2O2P2-. The van der Waals surface area contributed by atoms with Crippen molar-refractivity contribution in [3.05, 3.63) is 66.7 Å². The molecule has 1 aromatic heterocycles. The summed E-state index contributed by atoms with van der Waals surface area (Å²) < 4.78 is 21.3. The molecule has 4 aromatic carbocycles. The molecule has 0 saturated carbocycles. The molecule has 7 aliphatic heterocycles. The van der Waals surface area contributed by atoms with Crippen molar-refractivity contribution >= 4 is 104 Å². The first-order chi connectivity index (χ1) is 18.2. The summed E-state index contributed by atoms with van der Waals surface area (Å²) in [4.78, 5) is 0. The summed E-state index contributed by atoms with van der Waals surface area (Å²) in [5, 5.41) is 4.25. The van der Waals surface area contributed by atoms with Crippen LogP contribution in [0.1, 0.15) is 0 Å². The molecule has 0 bridgehead atoms. The molecule has 5 aromatic rings. The third-order valence-corrected chi connectivity index (χ3v) is 18.3. The van der Waals surface area contributed by atoms with Gasteiger partial charge in [-0.15, -0.1) is 0 Å². The van der Waals surface area contributed by atoms with Crippen LogP contribution in [0.25, 0.3) is 27.5 Å². The Morgan fingerprint density at radius 2 is 1.54 bits per heavy atom. The molecule has 4 fully saturated rings. The van der Waals surface area contributed by atoms with Gasteiger partial charge >= 0.3 is 218 Å². The van der Waals surface area contributed by atoms with E-state index in [0.29, 0.717) is 6.21 Å². The number of aromatic nitrogens is 1. The number of ether oxygens (including phenoxy) is 2. The van der Waals surface area contributed by atoms with E-state index in [0.717, 1.165) is 40.9 Å². The second-order valence-electron chi connectivity index (χ2n) is 11.6. The quantitative estimate of drug-likeness (QED) is 0.272. The van der Waals surface area contributed by atoms with E-state index < -0.39 is 6.39 Å². The van der Waals surface area contributed by atoms with Gasteiger partial charge in [0, 0.05) is 0 Å². The van der Waals surface area contributed by atoms with Gasteiger partial charge in [-0.05, 0) is 0 Å². The fourth-order valence-corrected chi connectivity index (χ4v) is 17.1. The summed E-state index contributed by atoms with van der Waals surface area (Å²) in [6, 6.07) is 24.2. The predicted molar refractivity (Wildman–Crippen MR) is 162 cm³/mol. The standard InChI is InChI=1S/C24H11B7N2O2P2/c1-5-14-21-15(6-1)34-16-7-3-8-17-22(16)28(21)23-18(35-17)11-10-12-20-13(33(14)24(12)23)4-2-9-19(20)37(26-29(37)27-37)32-36-30-25-31(30)36/h1-11H/q-1. The third kappa shape index (κ3) is 1.80. The van der Waals surface area contributed by atoms with Gasteiger partial charge in [-0.2, -0.15) is 0 Å². The first kappa shape index (κ1) is 18.5. The van der Waals surface area contributed by atoms with Crippen LogP contribution in [0.2, 0.25) is 0 Å². The zero-order chi connectivity index (χ0) is 23.4. The number of hydrogen-bond donors (Lipinski definition) is 0. The Morgan fingerprint density at radius 1 is 0.838 bits per heavy atom. The van der Waals surface area contributed by atoms with E-state index in [1.807, 2.05) is 6.07 Å². The van der Waals surface area contributed by atoms with Crippen LogP contribution in [0.4, 0.5) is 0 Å². The Bertz CT molecular complexity index is 2080. The molecule has 0 N–H and O–H groups in total. The molecule has 0 amide bonds. The summed E-state index contributed by atoms with van der Waals surface area (Å²) >= 11 is 0. The number of rotatable bonds is 2. The van der Waals surface area contributed by atoms with Gasteiger partial charge in [0.1, 0.15) is 0 Å². The van der Waals surface area contributed by atoms with Gasteiger partial charge in [0.25, 0.3) is 0 Å².